The Morgan fingerprint density at radius 1 is 0.556 bits per heavy atom. The molecule has 2 heteroatoms. The summed E-state index contributed by atoms with van der Waals surface area (Å²) in [4.78, 5) is 0. The first kappa shape index (κ1) is 21.7. The summed E-state index contributed by atoms with van der Waals surface area (Å²) in [5.74, 6) is 0. The van der Waals surface area contributed by atoms with E-state index in [0.29, 0.717) is 12.8 Å². The molecule has 0 fully saturated rings. The van der Waals surface area contributed by atoms with Crippen molar-refractivity contribution < 1.29 is 10.2 Å². The van der Waals surface area contributed by atoms with Crippen LogP contribution in [0, 0.1) is 5.41 Å². The van der Waals surface area contributed by atoms with Gasteiger partial charge in [0.05, 0.1) is 13.2 Å². The van der Waals surface area contributed by atoms with Crippen molar-refractivity contribution in [1.29, 1.82) is 0 Å². The van der Waals surface area contributed by atoms with E-state index in [1.54, 1.807) is 0 Å². The largest absolute Gasteiger partial charge is 0.396 e. The predicted octanol–water partition coefficient (Wildman–Crippen LogP) is 5.04. The molecule has 0 aliphatic rings. The van der Waals surface area contributed by atoms with E-state index in [0.717, 1.165) is 11.1 Å². The first-order chi connectivity index (χ1) is 12.5. The molecular formula is C25H36O2. The number of aliphatic hydroxyl groups is 2. The van der Waals surface area contributed by atoms with Crippen LogP contribution in [-0.4, -0.2) is 23.4 Å². The van der Waals surface area contributed by atoms with E-state index in [4.69, 9.17) is 0 Å². The quantitative estimate of drug-likeness (QED) is 0.750. The van der Waals surface area contributed by atoms with E-state index in [1.807, 2.05) is 0 Å². The minimum atomic E-state index is -0.549. The Morgan fingerprint density at radius 2 is 0.852 bits per heavy atom. The van der Waals surface area contributed by atoms with Crippen LogP contribution in [0.2, 0.25) is 0 Å². The van der Waals surface area contributed by atoms with Crippen molar-refractivity contribution >= 4 is 0 Å². The van der Waals surface area contributed by atoms with Gasteiger partial charge in [-0.25, -0.2) is 0 Å². The van der Waals surface area contributed by atoms with Crippen LogP contribution in [0.25, 0.3) is 0 Å². The molecule has 2 rings (SSSR count). The van der Waals surface area contributed by atoms with Gasteiger partial charge in [-0.05, 0) is 45.9 Å². The van der Waals surface area contributed by atoms with Gasteiger partial charge in [-0.3, -0.25) is 0 Å². The summed E-state index contributed by atoms with van der Waals surface area (Å²) in [5.41, 5.74) is 4.59. The Kier molecular flexibility index (Phi) is 6.55. The van der Waals surface area contributed by atoms with Gasteiger partial charge in [0, 0.05) is 5.41 Å². The Balaban J connectivity index is 2.19. The van der Waals surface area contributed by atoms with Crippen molar-refractivity contribution in [2.24, 2.45) is 5.41 Å². The van der Waals surface area contributed by atoms with Gasteiger partial charge in [0.15, 0.2) is 0 Å². The highest BCUT2D eigenvalue weighted by atomic mass is 16.3. The molecule has 2 nitrogen and oxygen atoms in total. The van der Waals surface area contributed by atoms with Crippen molar-refractivity contribution in [3.63, 3.8) is 0 Å². The van der Waals surface area contributed by atoms with Crippen LogP contribution >= 0.6 is 0 Å². The fraction of sp³-hybridized carbons (Fsp3) is 0.520. The molecule has 0 amide bonds. The third kappa shape index (κ3) is 5.67. The Bertz CT molecular complexity index is 647. The first-order valence-corrected chi connectivity index (χ1v) is 9.90. The molecule has 0 aromatic heterocycles. The van der Waals surface area contributed by atoms with Crippen LogP contribution in [0.4, 0.5) is 0 Å². The van der Waals surface area contributed by atoms with Crippen LogP contribution in [0.1, 0.15) is 63.8 Å². The molecule has 0 aliphatic heterocycles. The summed E-state index contributed by atoms with van der Waals surface area (Å²) < 4.78 is 0. The highest BCUT2D eigenvalue weighted by Gasteiger charge is 2.30. The summed E-state index contributed by atoms with van der Waals surface area (Å²) in [6.07, 6.45) is 1.32. The molecular weight excluding hydrogens is 332 g/mol. The van der Waals surface area contributed by atoms with E-state index < -0.39 is 5.41 Å². The highest BCUT2D eigenvalue weighted by Crippen LogP contribution is 2.30. The van der Waals surface area contributed by atoms with E-state index in [9.17, 15) is 10.2 Å². The molecule has 0 unspecified atom stereocenters. The Hall–Kier alpha value is -1.64. The average molecular weight is 369 g/mol. The lowest BCUT2D eigenvalue weighted by Crippen LogP contribution is -2.35. The zero-order valence-electron chi connectivity index (χ0n) is 17.8. The van der Waals surface area contributed by atoms with Crippen LogP contribution in [-0.2, 0) is 23.7 Å². The summed E-state index contributed by atoms with van der Waals surface area (Å²) in [6, 6.07) is 17.2. The fourth-order valence-electron chi connectivity index (χ4n) is 3.45. The normalized spacial score (nSPS) is 13.0. The molecule has 148 valence electrons. The minimum Gasteiger partial charge on any atom is -0.396 e. The van der Waals surface area contributed by atoms with Crippen molar-refractivity contribution in [3.05, 3.63) is 70.8 Å². The topological polar surface area (TPSA) is 40.5 Å². The molecule has 2 N–H and O–H groups in total. The zero-order valence-corrected chi connectivity index (χ0v) is 17.8. The smallest absolute Gasteiger partial charge is 0.0515 e. The molecule has 0 bridgehead atoms. The van der Waals surface area contributed by atoms with E-state index >= 15 is 0 Å². The lowest BCUT2D eigenvalue weighted by molar-refractivity contribution is 0.0548. The number of rotatable bonds is 6. The SMILES string of the molecule is CC(C)(C)c1ccc(CC(CO)(CO)Cc2ccc(C(C)(C)C)cc2)cc1. The maximum absolute atomic E-state index is 10.1. The molecule has 0 aliphatic carbocycles. The zero-order chi connectivity index (χ0) is 20.3. The van der Waals surface area contributed by atoms with Gasteiger partial charge in [-0.15, -0.1) is 0 Å². The van der Waals surface area contributed by atoms with Crippen molar-refractivity contribution in [2.75, 3.05) is 13.2 Å². The van der Waals surface area contributed by atoms with Gasteiger partial charge in [0.25, 0.3) is 0 Å². The molecule has 0 radical (unpaired) electrons. The summed E-state index contributed by atoms with van der Waals surface area (Å²) in [5, 5.41) is 20.2. The second-order valence-electron chi connectivity index (χ2n) is 10.1. The van der Waals surface area contributed by atoms with Crippen molar-refractivity contribution in [3.8, 4) is 0 Å². The standard InChI is InChI=1S/C25H36O2/c1-23(2,3)21-11-7-19(8-12-21)15-25(17-26,18-27)16-20-9-13-22(14-10-20)24(4,5)6/h7-14,26-27H,15-18H2,1-6H3. The van der Waals surface area contributed by atoms with E-state index in [-0.39, 0.29) is 24.0 Å². The van der Waals surface area contributed by atoms with Gasteiger partial charge in [-0.2, -0.15) is 0 Å². The number of hydrogen-bond donors (Lipinski definition) is 2. The van der Waals surface area contributed by atoms with Crippen LogP contribution < -0.4 is 0 Å². The first-order valence-electron chi connectivity index (χ1n) is 9.90. The molecule has 0 heterocycles. The minimum absolute atomic E-state index is 0.0362. The highest BCUT2D eigenvalue weighted by molar-refractivity contribution is 5.30. The molecule has 0 saturated carbocycles. The van der Waals surface area contributed by atoms with Crippen molar-refractivity contribution in [1.82, 2.24) is 0 Å². The van der Waals surface area contributed by atoms with Gasteiger partial charge in [0.1, 0.15) is 0 Å². The third-order valence-electron chi connectivity index (χ3n) is 5.47. The van der Waals surface area contributed by atoms with E-state index in [2.05, 4.69) is 90.1 Å². The number of hydrogen-bond acceptors (Lipinski definition) is 2. The summed E-state index contributed by atoms with van der Waals surface area (Å²) >= 11 is 0. The van der Waals surface area contributed by atoms with Gasteiger partial charge in [-0.1, -0.05) is 90.1 Å². The van der Waals surface area contributed by atoms with Crippen molar-refractivity contribution in [2.45, 2.75) is 65.2 Å². The van der Waals surface area contributed by atoms with Gasteiger partial charge >= 0.3 is 0 Å². The average Bonchev–Trinajstić information content (AvgIpc) is 2.60. The maximum atomic E-state index is 10.1. The second-order valence-corrected chi connectivity index (χ2v) is 10.1. The van der Waals surface area contributed by atoms with Crippen LogP contribution in [0.3, 0.4) is 0 Å². The fourth-order valence-corrected chi connectivity index (χ4v) is 3.45. The molecule has 2 aromatic rings. The summed E-state index contributed by atoms with van der Waals surface area (Å²) in [6.45, 7) is 13.1. The number of benzene rings is 2. The van der Waals surface area contributed by atoms with Gasteiger partial charge < -0.3 is 10.2 Å². The lowest BCUT2D eigenvalue weighted by Gasteiger charge is -2.31. The predicted molar refractivity (Wildman–Crippen MR) is 114 cm³/mol. The monoisotopic (exact) mass is 368 g/mol. The molecule has 27 heavy (non-hydrogen) atoms. The second kappa shape index (κ2) is 8.16. The molecule has 0 saturated heterocycles. The van der Waals surface area contributed by atoms with Crippen LogP contribution in [0.5, 0.6) is 0 Å². The molecule has 2 aromatic carbocycles. The van der Waals surface area contributed by atoms with Gasteiger partial charge in [0.2, 0.25) is 0 Å². The van der Waals surface area contributed by atoms with E-state index in [1.165, 1.54) is 11.1 Å². The molecule has 0 spiro atoms. The third-order valence-corrected chi connectivity index (χ3v) is 5.47. The summed E-state index contributed by atoms with van der Waals surface area (Å²) in [7, 11) is 0. The van der Waals surface area contributed by atoms with Crippen LogP contribution in [0.15, 0.2) is 48.5 Å². The lowest BCUT2D eigenvalue weighted by atomic mass is 9.76. The maximum Gasteiger partial charge on any atom is 0.0515 e. The molecule has 0 atom stereocenters. The Labute approximate surface area is 165 Å². The number of aliphatic hydroxyl groups excluding tert-OH is 2. The Morgan fingerprint density at radius 3 is 1.07 bits per heavy atom.